The third-order valence-electron chi connectivity index (χ3n) is 3.87. The smallest absolute Gasteiger partial charge is 0.224 e. The minimum absolute atomic E-state index is 0.144. The molecule has 1 aliphatic heterocycles. The SMILES string of the molecule is CCNC(C)CC(=O)N1CCCC1c1ccccc1Cl. The van der Waals surface area contributed by atoms with E-state index in [1.54, 1.807) is 0 Å². The Morgan fingerprint density at radius 1 is 1.50 bits per heavy atom. The van der Waals surface area contributed by atoms with Crippen molar-refractivity contribution in [2.45, 2.75) is 45.2 Å². The number of benzene rings is 1. The van der Waals surface area contributed by atoms with Crippen LogP contribution in [0.2, 0.25) is 5.02 Å². The largest absolute Gasteiger partial charge is 0.336 e. The summed E-state index contributed by atoms with van der Waals surface area (Å²) in [5.74, 6) is 0.223. The van der Waals surface area contributed by atoms with Gasteiger partial charge in [0.2, 0.25) is 5.91 Å². The van der Waals surface area contributed by atoms with Crippen LogP contribution in [0.5, 0.6) is 0 Å². The van der Waals surface area contributed by atoms with Crippen molar-refractivity contribution in [3.05, 3.63) is 34.9 Å². The van der Waals surface area contributed by atoms with Crippen molar-refractivity contribution in [2.24, 2.45) is 0 Å². The van der Waals surface area contributed by atoms with Crippen LogP contribution in [0.15, 0.2) is 24.3 Å². The minimum Gasteiger partial charge on any atom is -0.336 e. The maximum Gasteiger partial charge on any atom is 0.224 e. The summed E-state index contributed by atoms with van der Waals surface area (Å²) in [6, 6.07) is 8.22. The summed E-state index contributed by atoms with van der Waals surface area (Å²) in [6.07, 6.45) is 2.61. The highest BCUT2D eigenvalue weighted by Gasteiger charge is 2.31. The van der Waals surface area contributed by atoms with Crippen molar-refractivity contribution in [3.8, 4) is 0 Å². The molecule has 1 amide bonds. The second kappa shape index (κ2) is 7.09. The summed E-state index contributed by atoms with van der Waals surface area (Å²) in [5, 5.41) is 4.05. The van der Waals surface area contributed by atoms with Gasteiger partial charge in [-0.05, 0) is 37.9 Å². The topological polar surface area (TPSA) is 32.3 Å². The van der Waals surface area contributed by atoms with E-state index in [0.717, 1.165) is 36.5 Å². The zero-order valence-corrected chi connectivity index (χ0v) is 13.0. The Labute approximate surface area is 126 Å². The van der Waals surface area contributed by atoms with Gasteiger partial charge in [0, 0.05) is 24.0 Å². The average molecular weight is 295 g/mol. The molecule has 3 nitrogen and oxygen atoms in total. The zero-order chi connectivity index (χ0) is 14.5. The van der Waals surface area contributed by atoms with Gasteiger partial charge in [0.1, 0.15) is 0 Å². The Morgan fingerprint density at radius 2 is 2.25 bits per heavy atom. The van der Waals surface area contributed by atoms with Crippen molar-refractivity contribution in [2.75, 3.05) is 13.1 Å². The van der Waals surface area contributed by atoms with Crippen LogP contribution >= 0.6 is 11.6 Å². The Kier molecular flexibility index (Phi) is 5.44. The first-order valence-corrected chi connectivity index (χ1v) is 7.78. The highest BCUT2D eigenvalue weighted by Crippen LogP contribution is 2.36. The van der Waals surface area contributed by atoms with Crippen LogP contribution in [0.4, 0.5) is 0 Å². The molecule has 0 saturated carbocycles. The first-order valence-electron chi connectivity index (χ1n) is 7.40. The fraction of sp³-hybridized carbons (Fsp3) is 0.562. The van der Waals surface area contributed by atoms with Gasteiger partial charge in [0.25, 0.3) is 0 Å². The summed E-state index contributed by atoms with van der Waals surface area (Å²) >= 11 is 6.28. The van der Waals surface area contributed by atoms with E-state index < -0.39 is 0 Å². The lowest BCUT2D eigenvalue weighted by Crippen LogP contribution is -2.36. The monoisotopic (exact) mass is 294 g/mol. The van der Waals surface area contributed by atoms with E-state index in [-0.39, 0.29) is 18.0 Å². The molecule has 20 heavy (non-hydrogen) atoms. The van der Waals surface area contributed by atoms with Gasteiger partial charge < -0.3 is 10.2 Å². The van der Waals surface area contributed by atoms with Gasteiger partial charge in [-0.3, -0.25) is 4.79 Å². The number of hydrogen-bond donors (Lipinski definition) is 1. The molecule has 0 aromatic heterocycles. The molecule has 2 unspecified atom stereocenters. The van der Waals surface area contributed by atoms with Gasteiger partial charge in [-0.25, -0.2) is 0 Å². The van der Waals surface area contributed by atoms with Gasteiger partial charge in [0.15, 0.2) is 0 Å². The van der Waals surface area contributed by atoms with Crippen molar-refractivity contribution in [1.82, 2.24) is 10.2 Å². The van der Waals surface area contributed by atoms with Crippen molar-refractivity contribution < 1.29 is 4.79 Å². The van der Waals surface area contributed by atoms with Crippen molar-refractivity contribution >= 4 is 17.5 Å². The van der Waals surface area contributed by atoms with Crippen LogP contribution in [-0.4, -0.2) is 29.9 Å². The molecular weight excluding hydrogens is 272 g/mol. The lowest BCUT2D eigenvalue weighted by atomic mass is 10.0. The number of hydrogen-bond acceptors (Lipinski definition) is 2. The van der Waals surface area contributed by atoms with Crippen LogP contribution in [0.3, 0.4) is 0 Å². The lowest BCUT2D eigenvalue weighted by molar-refractivity contribution is -0.132. The Bertz CT molecular complexity index is 464. The molecule has 110 valence electrons. The first kappa shape index (κ1) is 15.3. The maximum absolute atomic E-state index is 12.5. The third-order valence-corrected chi connectivity index (χ3v) is 4.21. The maximum atomic E-state index is 12.5. The molecule has 1 N–H and O–H groups in total. The van der Waals surface area contributed by atoms with E-state index in [4.69, 9.17) is 11.6 Å². The van der Waals surface area contributed by atoms with Crippen LogP contribution in [0, 0.1) is 0 Å². The molecule has 4 heteroatoms. The van der Waals surface area contributed by atoms with E-state index in [2.05, 4.69) is 19.2 Å². The Morgan fingerprint density at radius 3 is 2.95 bits per heavy atom. The van der Waals surface area contributed by atoms with Gasteiger partial charge in [0.05, 0.1) is 6.04 Å². The number of carbonyl (C=O) groups is 1. The van der Waals surface area contributed by atoms with E-state index in [9.17, 15) is 4.79 Å². The van der Waals surface area contributed by atoms with Gasteiger partial charge >= 0.3 is 0 Å². The molecule has 0 bridgehead atoms. The fourth-order valence-corrected chi connectivity index (χ4v) is 3.20. The molecule has 1 aliphatic rings. The minimum atomic E-state index is 0.144. The van der Waals surface area contributed by atoms with Crippen molar-refractivity contribution in [1.29, 1.82) is 0 Å². The predicted octanol–water partition coefficient (Wildman–Crippen LogP) is 3.39. The van der Waals surface area contributed by atoms with Crippen LogP contribution < -0.4 is 5.32 Å². The van der Waals surface area contributed by atoms with E-state index >= 15 is 0 Å². The summed E-state index contributed by atoms with van der Waals surface area (Å²) in [6.45, 7) is 5.85. The van der Waals surface area contributed by atoms with E-state index in [0.29, 0.717) is 6.42 Å². The summed E-state index contributed by atoms with van der Waals surface area (Å²) < 4.78 is 0. The van der Waals surface area contributed by atoms with Gasteiger partial charge in [-0.1, -0.05) is 36.7 Å². The molecule has 1 heterocycles. The number of halogens is 1. The molecule has 0 spiro atoms. The Hall–Kier alpha value is -1.06. The van der Waals surface area contributed by atoms with Gasteiger partial charge in [-0.15, -0.1) is 0 Å². The molecule has 1 fully saturated rings. The molecule has 1 aromatic carbocycles. The second-order valence-electron chi connectivity index (χ2n) is 5.43. The number of carbonyl (C=O) groups excluding carboxylic acids is 1. The normalized spacial score (nSPS) is 20.1. The number of likely N-dealkylation sites (tertiary alicyclic amines) is 1. The van der Waals surface area contributed by atoms with Crippen molar-refractivity contribution in [3.63, 3.8) is 0 Å². The van der Waals surface area contributed by atoms with Crippen LogP contribution in [0.1, 0.15) is 44.7 Å². The summed E-state index contributed by atoms with van der Waals surface area (Å²) in [4.78, 5) is 14.5. The Balaban J connectivity index is 2.07. The first-order chi connectivity index (χ1) is 9.63. The lowest BCUT2D eigenvalue weighted by Gasteiger charge is -2.27. The quantitative estimate of drug-likeness (QED) is 0.903. The molecule has 2 atom stereocenters. The predicted molar refractivity (Wildman–Crippen MR) is 82.9 cm³/mol. The molecular formula is C16H23ClN2O. The zero-order valence-electron chi connectivity index (χ0n) is 12.2. The number of nitrogens with one attached hydrogen (secondary N) is 1. The van der Waals surface area contributed by atoms with E-state index in [1.165, 1.54) is 0 Å². The number of nitrogens with zero attached hydrogens (tertiary/aromatic N) is 1. The highest BCUT2D eigenvalue weighted by atomic mass is 35.5. The summed E-state index contributed by atoms with van der Waals surface area (Å²) in [7, 11) is 0. The molecule has 0 aliphatic carbocycles. The molecule has 0 radical (unpaired) electrons. The fourth-order valence-electron chi connectivity index (χ4n) is 2.93. The molecule has 1 aromatic rings. The van der Waals surface area contributed by atoms with E-state index in [1.807, 2.05) is 29.2 Å². The number of rotatable bonds is 5. The van der Waals surface area contributed by atoms with Crippen LogP contribution in [-0.2, 0) is 4.79 Å². The molecule has 1 saturated heterocycles. The summed E-state index contributed by atoms with van der Waals surface area (Å²) in [5.41, 5.74) is 1.08. The number of amides is 1. The standard InChI is InChI=1S/C16H23ClN2O/c1-3-18-12(2)11-16(20)19-10-6-9-15(19)13-7-4-5-8-14(13)17/h4-5,7-8,12,15,18H,3,6,9-11H2,1-2H3. The van der Waals surface area contributed by atoms with Crippen LogP contribution in [0.25, 0.3) is 0 Å². The molecule has 2 rings (SSSR count). The highest BCUT2D eigenvalue weighted by molar-refractivity contribution is 6.31. The average Bonchev–Trinajstić information content (AvgIpc) is 2.88. The second-order valence-corrected chi connectivity index (χ2v) is 5.84. The van der Waals surface area contributed by atoms with Gasteiger partial charge in [-0.2, -0.15) is 0 Å². The third kappa shape index (κ3) is 3.53.